The van der Waals surface area contributed by atoms with Crippen LogP contribution in [-0.2, 0) is 14.6 Å². The highest BCUT2D eigenvalue weighted by Crippen LogP contribution is 2.18. The van der Waals surface area contributed by atoms with Gasteiger partial charge in [-0.05, 0) is 45.0 Å². The summed E-state index contributed by atoms with van der Waals surface area (Å²) < 4.78 is 22.7. The van der Waals surface area contributed by atoms with Crippen molar-refractivity contribution in [2.45, 2.75) is 25.7 Å². The highest BCUT2D eigenvalue weighted by atomic mass is 32.2. The van der Waals surface area contributed by atoms with Gasteiger partial charge in [0.1, 0.15) is 0 Å². The van der Waals surface area contributed by atoms with E-state index in [1.165, 1.54) is 6.26 Å². The number of rotatable bonds is 6. The first-order chi connectivity index (χ1) is 9.16. The van der Waals surface area contributed by atoms with Crippen molar-refractivity contribution in [2.75, 3.05) is 24.7 Å². The molecule has 0 aliphatic carbocycles. The molecule has 0 bridgehead atoms. The van der Waals surface area contributed by atoms with Crippen LogP contribution in [0.2, 0.25) is 0 Å². The van der Waals surface area contributed by atoms with Crippen LogP contribution in [0, 0.1) is 5.41 Å². The number of anilines is 1. The zero-order chi connectivity index (χ0) is 15.4. The van der Waals surface area contributed by atoms with E-state index in [2.05, 4.69) is 10.6 Å². The van der Waals surface area contributed by atoms with Gasteiger partial charge in [-0.15, -0.1) is 0 Å². The van der Waals surface area contributed by atoms with Crippen molar-refractivity contribution in [3.63, 3.8) is 0 Å². The first-order valence-electron chi connectivity index (χ1n) is 6.49. The summed E-state index contributed by atoms with van der Waals surface area (Å²) in [6.07, 6.45) is 1.17. The molecule has 5 nitrogen and oxygen atoms in total. The van der Waals surface area contributed by atoms with Crippen LogP contribution in [-0.4, -0.2) is 33.7 Å². The largest absolute Gasteiger partial charge is 0.384 e. The molecule has 0 radical (unpaired) electrons. The summed E-state index contributed by atoms with van der Waals surface area (Å²) in [5.74, 6) is -0.0137. The highest BCUT2D eigenvalue weighted by molar-refractivity contribution is 7.90. The van der Waals surface area contributed by atoms with Crippen LogP contribution in [0.1, 0.15) is 20.8 Å². The first kappa shape index (κ1) is 16.5. The Kier molecular flexibility index (Phi) is 5.16. The van der Waals surface area contributed by atoms with E-state index in [0.29, 0.717) is 13.1 Å². The minimum Gasteiger partial charge on any atom is -0.384 e. The van der Waals surface area contributed by atoms with Gasteiger partial charge >= 0.3 is 0 Å². The third kappa shape index (κ3) is 4.52. The standard InChI is InChI=1S/C14H22N2O3S/c1-5-15-13(17)14(2,3)10-16-11-6-8-12(9-7-11)20(4,18)19/h6-9,16H,5,10H2,1-4H3,(H,15,17). The molecule has 20 heavy (non-hydrogen) atoms. The first-order valence-corrected chi connectivity index (χ1v) is 8.38. The maximum atomic E-state index is 11.8. The molecule has 0 heterocycles. The SMILES string of the molecule is CCNC(=O)C(C)(C)CNc1ccc(S(C)(=O)=O)cc1. The number of carbonyl (C=O) groups is 1. The van der Waals surface area contributed by atoms with E-state index < -0.39 is 15.3 Å². The van der Waals surface area contributed by atoms with Crippen LogP contribution in [0.15, 0.2) is 29.2 Å². The van der Waals surface area contributed by atoms with Gasteiger partial charge < -0.3 is 10.6 Å². The summed E-state index contributed by atoms with van der Waals surface area (Å²) >= 11 is 0. The molecule has 0 saturated heterocycles. The smallest absolute Gasteiger partial charge is 0.227 e. The molecule has 0 fully saturated rings. The van der Waals surface area contributed by atoms with Crippen LogP contribution < -0.4 is 10.6 Å². The highest BCUT2D eigenvalue weighted by Gasteiger charge is 2.26. The number of hydrogen-bond donors (Lipinski definition) is 2. The van der Waals surface area contributed by atoms with Crippen LogP contribution in [0.3, 0.4) is 0 Å². The molecular formula is C14H22N2O3S. The minimum atomic E-state index is -3.18. The Morgan fingerprint density at radius 1 is 1.20 bits per heavy atom. The minimum absolute atomic E-state index is 0.0137. The molecule has 1 rings (SSSR count). The number of hydrogen-bond acceptors (Lipinski definition) is 4. The molecule has 1 amide bonds. The lowest BCUT2D eigenvalue weighted by molar-refractivity contribution is -0.128. The van der Waals surface area contributed by atoms with Crippen molar-refractivity contribution >= 4 is 21.4 Å². The third-order valence-corrected chi connectivity index (χ3v) is 4.10. The summed E-state index contributed by atoms with van der Waals surface area (Å²) in [5.41, 5.74) is 0.251. The zero-order valence-electron chi connectivity index (χ0n) is 12.4. The van der Waals surface area contributed by atoms with Gasteiger partial charge in [0, 0.05) is 25.0 Å². The molecule has 0 aliphatic heterocycles. The molecule has 0 atom stereocenters. The Hall–Kier alpha value is -1.56. The van der Waals surface area contributed by atoms with Crippen molar-refractivity contribution in [2.24, 2.45) is 5.41 Å². The second-order valence-electron chi connectivity index (χ2n) is 5.39. The summed E-state index contributed by atoms with van der Waals surface area (Å²) in [5, 5.41) is 5.94. The molecular weight excluding hydrogens is 276 g/mol. The quantitative estimate of drug-likeness (QED) is 0.837. The summed E-state index contributed by atoms with van der Waals surface area (Å²) in [6, 6.07) is 6.50. The Labute approximate surface area is 120 Å². The Balaban J connectivity index is 2.69. The predicted molar refractivity (Wildman–Crippen MR) is 80.5 cm³/mol. The topological polar surface area (TPSA) is 75.3 Å². The normalized spacial score (nSPS) is 12.0. The van der Waals surface area contributed by atoms with Crippen molar-refractivity contribution in [1.82, 2.24) is 5.32 Å². The van der Waals surface area contributed by atoms with Crippen molar-refractivity contribution < 1.29 is 13.2 Å². The molecule has 0 saturated carbocycles. The summed E-state index contributed by atoms with van der Waals surface area (Å²) in [6.45, 7) is 6.67. The van der Waals surface area contributed by atoms with E-state index in [1.807, 2.05) is 20.8 Å². The lowest BCUT2D eigenvalue weighted by Crippen LogP contribution is -2.41. The summed E-state index contributed by atoms with van der Waals surface area (Å²) in [4.78, 5) is 12.1. The van der Waals surface area contributed by atoms with E-state index in [0.717, 1.165) is 5.69 Å². The Morgan fingerprint density at radius 3 is 2.20 bits per heavy atom. The van der Waals surface area contributed by atoms with Gasteiger partial charge in [0.05, 0.1) is 10.3 Å². The van der Waals surface area contributed by atoms with E-state index in [4.69, 9.17) is 0 Å². The van der Waals surface area contributed by atoms with Gasteiger partial charge in [-0.25, -0.2) is 8.42 Å². The molecule has 0 aliphatic rings. The summed E-state index contributed by atoms with van der Waals surface area (Å²) in [7, 11) is -3.18. The molecule has 112 valence electrons. The number of amides is 1. The molecule has 1 aromatic carbocycles. The number of carbonyl (C=O) groups excluding carboxylic acids is 1. The van der Waals surface area contributed by atoms with E-state index in [-0.39, 0.29) is 10.8 Å². The second kappa shape index (κ2) is 6.26. The Morgan fingerprint density at radius 2 is 1.75 bits per heavy atom. The fourth-order valence-electron chi connectivity index (χ4n) is 1.62. The molecule has 2 N–H and O–H groups in total. The number of benzene rings is 1. The average Bonchev–Trinajstić information content (AvgIpc) is 2.36. The third-order valence-electron chi connectivity index (χ3n) is 2.97. The van der Waals surface area contributed by atoms with Crippen molar-refractivity contribution in [3.8, 4) is 0 Å². The zero-order valence-corrected chi connectivity index (χ0v) is 13.2. The van der Waals surface area contributed by atoms with Gasteiger partial charge in [-0.2, -0.15) is 0 Å². The lowest BCUT2D eigenvalue weighted by Gasteiger charge is -2.24. The predicted octanol–water partition coefficient (Wildman–Crippen LogP) is 1.66. The van der Waals surface area contributed by atoms with Crippen LogP contribution in [0.4, 0.5) is 5.69 Å². The van der Waals surface area contributed by atoms with Crippen LogP contribution >= 0.6 is 0 Å². The van der Waals surface area contributed by atoms with Crippen molar-refractivity contribution in [1.29, 1.82) is 0 Å². The monoisotopic (exact) mass is 298 g/mol. The molecule has 0 spiro atoms. The molecule has 1 aromatic rings. The van der Waals surface area contributed by atoms with E-state index in [9.17, 15) is 13.2 Å². The fraction of sp³-hybridized carbons (Fsp3) is 0.500. The maximum Gasteiger partial charge on any atom is 0.227 e. The van der Waals surface area contributed by atoms with Gasteiger partial charge in [-0.1, -0.05) is 0 Å². The molecule has 0 unspecified atom stereocenters. The van der Waals surface area contributed by atoms with Gasteiger partial charge in [-0.3, -0.25) is 4.79 Å². The maximum absolute atomic E-state index is 11.8. The average molecular weight is 298 g/mol. The van der Waals surface area contributed by atoms with Gasteiger partial charge in [0.25, 0.3) is 0 Å². The van der Waals surface area contributed by atoms with Crippen LogP contribution in [0.25, 0.3) is 0 Å². The number of sulfone groups is 1. The number of nitrogens with one attached hydrogen (secondary N) is 2. The van der Waals surface area contributed by atoms with Gasteiger partial charge in [0.15, 0.2) is 9.84 Å². The van der Waals surface area contributed by atoms with Crippen LogP contribution in [0.5, 0.6) is 0 Å². The van der Waals surface area contributed by atoms with Crippen molar-refractivity contribution in [3.05, 3.63) is 24.3 Å². The van der Waals surface area contributed by atoms with Gasteiger partial charge in [0.2, 0.25) is 5.91 Å². The van der Waals surface area contributed by atoms with E-state index >= 15 is 0 Å². The fourth-order valence-corrected chi connectivity index (χ4v) is 2.25. The molecule has 6 heteroatoms. The van der Waals surface area contributed by atoms with E-state index in [1.54, 1.807) is 24.3 Å². The Bertz CT molecular complexity index is 563. The second-order valence-corrected chi connectivity index (χ2v) is 7.41. The lowest BCUT2D eigenvalue weighted by atomic mass is 9.92. The molecule has 0 aromatic heterocycles.